The number of nitrogens with zero attached hydrogens (tertiary/aromatic N) is 1. The standard InChI is InChI=1S/C11H18N2O3S/c1-9-4-5-11(10(12)8-9)17(15,16)13(2)6-3-7-14/h4-5,8,14H,3,6-7,12H2,1-2H3. The Morgan fingerprint density at radius 2 is 2.06 bits per heavy atom. The van der Waals surface area contributed by atoms with E-state index in [0.29, 0.717) is 6.42 Å². The minimum absolute atomic E-state index is 0.0385. The lowest BCUT2D eigenvalue weighted by Gasteiger charge is -2.18. The summed E-state index contributed by atoms with van der Waals surface area (Å²) >= 11 is 0. The van der Waals surface area contributed by atoms with Gasteiger partial charge in [-0.1, -0.05) is 6.07 Å². The summed E-state index contributed by atoms with van der Waals surface area (Å²) in [5, 5.41) is 8.70. The second kappa shape index (κ2) is 5.48. The molecule has 6 heteroatoms. The molecule has 96 valence electrons. The summed E-state index contributed by atoms with van der Waals surface area (Å²) in [5.74, 6) is 0. The number of hydrogen-bond donors (Lipinski definition) is 2. The lowest BCUT2D eigenvalue weighted by molar-refractivity contribution is 0.275. The van der Waals surface area contributed by atoms with Crippen LogP contribution in [0.3, 0.4) is 0 Å². The normalized spacial score (nSPS) is 12.0. The van der Waals surface area contributed by atoms with Gasteiger partial charge in [-0.05, 0) is 31.0 Å². The van der Waals surface area contributed by atoms with Crippen LogP contribution >= 0.6 is 0 Å². The largest absolute Gasteiger partial charge is 0.398 e. The van der Waals surface area contributed by atoms with E-state index in [1.165, 1.54) is 17.4 Å². The first-order chi connectivity index (χ1) is 7.89. The molecule has 0 heterocycles. The molecule has 0 aliphatic carbocycles. The van der Waals surface area contributed by atoms with Crippen LogP contribution in [-0.4, -0.2) is 38.0 Å². The van der Waals surface area contributed by atoms with Gasteiger partial charge < -0.3 is 10.8 Å². The molecule has 17 heavy (non-hydrogen) atoms. The van der Waals surface area contributed by atoms with E-state index in [-0.39, 0.29) is 23.7 Å². The molecule has 0 amide bonds. The molecular weight excluding hydrogens is 240 g/mol. The highest BCUT2D eigenvalue weighted by atomic mass is 32.2. The predicted molar refractivity (Wildman–Crippen MR) is 67.1 cm³/mol. The molecule has 0 bridgehead atoms. The fraction of sp³-hybridized carbons (Fsp3) is 0.455. The van der Waals surface area contributed by atoms with E-state index in [1.54, 1.807) is 12.1 Å². The quantitative estimate of drug-likeness (QED) is 0.757. The number of sulfonamides is 1. The van der Waals surface area contributed by atoms with Gasteiger partial charge in [0.15, 0.2) is 0 Å². The summed E-state index contributed by atoms with van der Waals surface area (Å²) in [6.45, 7) is 2.08. The molecule has 0 radical (unpaired) electrons. The van der Waals surface area contributed by atoms with E-state index in [0.717, 1.165) is 5.56 Å². The van der Waals surface area contributed by atoms with Gasteiger partial charge in [-0.25, -0.2) is 12.7 Å². The van der Waals surface area contributed by atoms with Crippen molar-refractivity contribution < 1.29 is 13.5 Å². The molecular formula is C11H18N2O3S. The summed E-state index contributed by atoms with van der Waals surface area (Å²) in [7, 11) is -2.08. The number of aliphatic hydroxyl groups is 1. The number of rotatable bonds is 5. The number of benzene rings is 1. The highest BCUT2D eigenvalue weighted by molar-refractivity contribution is 7.89. The zero-order valence-corrected chi connectivity index (χ0v) is 10.9. The van der Waals surface area contributed by atoms with Gasteiger partial charge in [0.25, 0.3) is 0 Å². The van der Waals surface area contributed by atoms with Crippen LogP contribution in [0.4, 0.5) is 5.69 Å². The van der Waals surface area contributed by atoms with E-state index in [4.69, 9.17) is 10.8 Å². The minimum atomic E-state index is -3.56. The van der Waals surface area contributed by atoms with E-state index < -0.39 is 10.0 Å². The number of nitrogen functional groups attached to an aromatic ring is 1. The topological polar surface area (TPSA) is 83.6 Å². The molecule has 3 N–H and O–H groups in total. The van der Waals surface area contributed by atoms with Crippen molar-refractivity contribution in [2.24, 2.45) is 0 Å². The number of nitrogens with two attached hydrogens (primary N) is 1. The van der Waals surface area contributed by atoms with Crippen molar-refractivity contribution in [3.05, 3.63) is 23.8 Å². The van der Waals surface area contributed by atoms with Gasteiger partial charge >= 0.3 is 0 Å². The monoisotopic (exact) mass is 258 g/mol. The Labute approximate surface area is 102 Å². The Bertz CT molecular complexity index is 485. The number of aryl methyl sites for hydroxylation is 1. The third-order valence-electron chi connectivity index (χ3n) is 2.48. The minimum Gasteiger partial charge on any atom is -0.398 e. The van der Waals surface area contributed by atoms with E-state index in [1.807, 2.05) is 6.92 Å². The van der Waals surface area contributed by atoms with Crippen LogP contribution in [0.2, 0.25) is 0 Å². The van der Waals surface area contributed by atoms with Gasteiger partial charge in [0.1, 0.15) is 4.90 Å². The first kappa shape index (κ1) is 14.0. The lowest BCUT2D eigenvalue weighted by atomic mass is 10.2. The zero-order chi connectivity index (χ0) is 13.1. The average molecular weight is 258 g/mol. The summed E-state index contributed by atoms with van der Waals surface area (Å²) < 4.78 is 25.5. The molecule has 0 saturated heterocycles. The maximum Gasteiger partial charge on any atom is 0.244 e. The fourth-order valence-electron chi connectivity index (χ4n) is 1.48. The van der Waals surface area contributed by atoms with Crippen molar-refractivity contribution in [2.75, 3.05) is 25.9 Å². The van der Waals surface area contributed by atoms with Gasteiger partial charge in [0.05, 0.1) is 5.69 Å². The summed E-state index contributed by atoms with van der Waals surface area (Å²) in [4.78, 5) is 0.114. The van der Waals surface area contributed by atoms with Crippen molar-refractivity contribution in [3.8, 4) is 0 Å². The third-order valence-corrected chi connectivity index (χ3v) is 4.42. The Morgan fingerprint density at radius 1 is 1.41 bits per heavy atom. The van der Waals surface area contributed by atoms with Crippen molar-refractivity contribution in [2.45, 2.75) is 18.2 Å². The van der Waals surface area contributed by atoms with Gasteiger partial charge in [-0.3, -0.25) is 0 Å². The molecule has 0 atom stereocenters. The van der Waals surface area contributed by atoms with Crippen LogP contribution in [0.25, 0.3) is 0 Å². The maximum absolute atomic E-state index is 12.1. The van der Waals surface area contributed by atoms with Crippen LogP contribution in [0.15, 0.2) is 23.1 Å². The van der Waals surface area contributed by atoms with Crippen LogP contribution in [-0.2, 0) is 10.0 Å². The molecule has 5 nitrogen and oxygen atoms in total. The van der Waals surface area contributed by atoms with Gasteiger partial charge in [-0.15, -0.1) is 0 Å². The molecule has 0 unspecified atom stereocenters. The van der Waals surface area contributed by atoms with Gasteiger partial charge in [-0.2, -0.15) is 0 Å². The van der Waals surface area contributed by atoms with Crippen molar-refractivity contribution in [1.29, 1.82) is 0 Å². The molecule has 0 aliphatic heterocycles. The molecule has 0 aliphatic rings. The predicted octanol–water partition coefficient (Wildman–Crippen LogP) is 0.580. The first-order valence-electron chi connectivity index (χ1n) is 5.33. The highest BCUT2D eigenvalue weighted by Gasteiger charge is 2.22. The lowest BCUT2D eigenvalue weighted by Crippen LogP contribution is -2.29. The molecule has 0 aromatic heterocycles. The van der Waals surface area contributed by atoms with Crippen molar-refractivity contribution in [1.82, 2.24) is 4.31 Å². The molecule has 1 rings (SSSR count). The Balaban J connectivity index is 3.04. The molecule has 0 fully saturated rings. The number of hydrogen-bond acceptors (Lipinski definition) is 4. The number of anilines is 1. The van der Waals surface area contributed by atoms with E-state index >= 15 is 0 Å². The Morgan fingerprint density at radius 3 is 2.59 bits per heavy atom. The summed E-state index contributed by atoms with van der Waals surface area (Å²) in [6, 6.07) is 4.85. The van der Waals surface area contributed by atoms with Crippen LogP contribution in [0.5, 0.6) is 0 Å². The number of aliphatic hydroxyl groups excluding tert-OH is 1. The SMILES string of the molecule is Cc1ccc(S(=O)(=O)N(C)CCCO)c(N)c1. The molecule has 1 aromatic rings. The van der Waals surface area contributed by atoms with E-state index in [2.05, 4.69) is 0 Å². The van der Waals surface area contributed by atoms with E-state index in [9.17, 15) is 8.42 Å². The third kappa shape index (κ3) is 3.18. The Kier molecular flexibility index (Phi) is 4.50. The summed E-state index contributed by atoms with van der Waals surface area (Å²) in [6.07, 6.45) is 0.404. The van der Waals surface area contributed by atoms with Gasteiger partial charge in [0, 0.05) is 20.2 Å². The Hall–Kier alpha value is -1.11. The second-order valence-electron chi connectivity index (χ2n) is 3.95. The van der Waals surface area contributed by atoms with Crippen molar-refractivity contribution in [3.63, 3.8) is 0 Å². The molecule has 0 saturated carbocycles. The van der Waals surface area contributed by atoms with Crippen LogP contribution < -0.4 is 5.73 Å². The molecule has 1 aromatic carbocycles. The smallest absolute Gasteiger partial charge is 0.244 e. The van der Waals surface area contributed by atoms with Crippen LogP contribution in [0, 0.1) is 6.92 Å². The van der Waals surface area contributed by atoms with Crippen molar-refractivity contribution >= 4 is 15.7 Å². The maximum atomic E-state index is 12.1. The first-order valence-corrected chi connectivity index (χ1v) is 6.77. The fourth-order valence-corrected chi connectivity index (χ4v) is 2.79. The summed E-state index contributed by atoms with van der Waals surface area (Å²) in [5.41, 5.74) is 6.89. The second-order valence-corrected chi connectivity index (χ2v) is 5.96. The average Bonchev–Trinajstić information content (AvgIpc) is 2.25. The highest BCUT2D eigenvalue weighted by Crippen LogP contribution is 2.22. The van der Waals surface area contributed by atoms with Gasteiger partial charge in [0.2, 0.25) is 10.0 Å². The molecule has 0 spiro atoms. The van der Waals surface area contributed by atoms with Crippen LogP contribution in [0.1, 0.15) is 12.0 Å². The zero-order valence-electron chi connectivity index (χ0n) is 10.0.